The summed E-state index contributed by atoms with van der Waals surface area (Å²) in [6.07, 6.45) is 5.97. The summed E-state index contributed by atoms with van der Waals surface area (Å²) >= 11 is -2.26. The third-order valence-electron chi connectivity index (χ3n) is 4.12. The Hall–Kier alpha value is -0.555. The van der Waals surface area contributed by atoms with Crippen molar-refractivity contribution in [2.75, 3.05) is 18.0 Å². The van der Waals surface area contributed by atoms with Crippen molar-refractivity contribution in [1.29, 1.82) is 0 Å². The Kier molecular flexibility index (Phi) is 9.81. The Morgan fingerprint density at radius 2 is 1.75 bits per heavy atom. The van der Waals surface area contributed by atoms with Crippen molar-refractivity contribution in [2.45, 2.75) is 19.4 Å². The summed E-state index contributed by atoms with van der Waals surface area (Å²) in [7, 11) is 0. The van der Waals surface area contributed by atoms with Crippen LogP contribution in [0.2, 0.25) is 0 Å². The molecule has 1 aliphatic heterocycles. The van der Waals surface area contributed by atoms with E-state index in [2.05, 4.69) is 20.8 Å². The van der Waals surface area contributed by atoms with Crippen LogP contribution in [-0.2, 0) is 17.8 Å². The number of nitrogens with one attached hydrogen (secondary N) is 1. The minimum atomic E-state index is -2.26. The zero-order valence-corrected chi connectivity index (χ0v) is 21.1. The van der Waals surface area contributed by atoms with E-state index in [9.17, 15) is 17.5 Å². The Morgan fingerprint density at radius 1 is 1.14 bits per heavy atom. The second-order valence-corrected chi connectivity index (χ2v) is 6.73. The maximum atomic E-state index is 11.9. The maximum Gasteiger partial charge on any atom is 1.00 e. The third-order valence-corrected chi connectivity index (χ3v) is 4.50. The first kappa shape index (κ1) is 23.7. The number of anilines is 1. The van der Waals surface area contributed by atoms with E-state index in [1.54, 1.807) is 10.7 Å². The predicted octanol–water partition coefficient (Wildman–Crippen LogP) is -0.413. The van der Waals surface area contributed by atoms with Crippen molar-refractivity contribution in [1.82, 2.24) is 14.3 Å². The second-order valence-electron chi connectivity index (χ2n) is 5.98. The van der Waals surface area contributed by atoms with Crippen LogP contribution >= 0.6 is 0 Å². The van der Waals surface area contributed by atoms with Gasteiger partial charge in [-0.3, -0.25) is 13.4 Å². The van der Waals surface area contributed by atoms with Crippen molar-refractivity contribution in [3.63, 3.8) is 0 Å². The van der Waals surface area contributed by atoms with Crippen molar-refractivity contribution in [2.24, 2.45) is 0 Å². The van der Waals surface area contributed by atoms with Crippen LogP contribution in [0.5, 0.6) is 0 Å². The summed E-state index contributed by atoms with van der Waals surface area (Å²) < 4.78 is 49.0. The van der Waals surface area contributed by atoms with Crippen LogP contribution in [0.3, 0.4) is 0 Å². The fourth-order valence-electron chi connectivity index (χ4n) is 2.79. The summed E-state index contributed by atoms with van der Waals surface area (Å²) in [5, 5.41) is 4.19. The van der Waals surface area contributed by atoms with Crippen LogP contribution in [0.1, 0.15) is 18.4 Å². The molecule has 0 spiro atoms. The first-order valence-corrected chi connectivity index (χ1v) is 9.48. The van der Waals surface area contributed by atoms with Gasteiger partial charge in [-0.2, -0.15) is 5.10 Å². The van der Waals surface area contributed by atoms with Crippen LogP contribution in [0, 0.1) is 17.7 Å². The molecule has 3 heterocycles. The summed E-state index contributed by atoms with van der Waals surface area (Å²) in [5.41, 5.74) is 2.70. The number of pyridine rings is 1. The number of benzene rings is 1. The van der Waals surface area contributed by atoms with E-state index in [1.807, 2.05) is 12.3 Å². The van der Waals surface area contributed by atoms with Crippen LogP contribution in [0.25, 0.3) is 5.52 Å². The van der Waals surface area contributed by atoms with E-state index in [0.717, 1.165) is 54.1 Å². The molecule has 0 bridgehead atoms. The third kappa shape index (κ3) is 6.75. The van der Waals surface area contributed by atoms with Gasteiger partial charge in [0.05, 0.1) is 0 Å². The molecule has 0 amide bonds. The van der Waals surface area contributed by atoms with E-state index in [-0.39, 0.29) is 64.7 Å². The second kappa shape index (κ2) is 11.6. The van der Waals surface area contributed by atoms with E-state index < -0.39 is 22.9 Å². The zero-order valence-electron chi connectivity index (χ0n) is 15.4. The minimum absolute atomic E-state index is 0. The molecule has 1 fully saturated rings. The Labute approximate surface area is 213 Å². The number of halogens is 2. The molecule has 144 valence electrons. The zero-order chi connectivity index (χ0) is 19.2. The topological polar surface area (TPSA) is 72.7 Å². The van der Waals surface area contributed by atoms with Crippen molar-refractivity contribution < 1.29 is 75.7 Å². The van der Waals surface area contributed by atoms with E-state index in [4.69, 9.17) is 0 Å². The number of fused-ring (bicyclic) bond motifs is 1. The van der Waals surface area contributed by atoms with E-state index in [0.29, 0.717) is 0 Å². The Bertz CT molecular complexity index is 897. The molecule has 1 aromatic carbocycles. The standard InChI is InChI=1S/C12H15N4O2S.C6H4F2.Rb/c17-19(18)14-9-10-8-13-16-6-3-11(7-12(10)16)15-4-1-2-5-15;7-5-1-2-6(8)4-3-5;/h3,6,8,14H,1-2,4-5,9H2,(H,17,18);1-4H;/q-1;;+1/p-1. The van der Waals surface area contributed by atoms with Gasteiger partial charge in [-0.15, -0.1) is 12.1 Å². The van der Waals surface area contributed by atoms with Gasteiger partial charge in [-0.1, -0.05) is 11.3 Å². The van der Waals surface area contributed by atoms with E-state index in [1.165, 1.54) is 12.8 Å². The molecule has 1 aliphatic rings. The van der Waals surface area contributed by atoms with Gasteiger partial charge in [0.1, 0.15) is 11.6 Å². The Morgan fingerprint density at radius 3 is 2.32 bits per heavy atom. The summed E-state index contributed by atoms with van der Waals surface area (Å²) in [6, 6.07) is 9.64. The maximum absolute atomic E-state index is 11.9. The fourth-order valence-corrected chi connectivity index (χ4v) is 3.06. The van der Waals surface area contributed by atoms with Gasteiger partial charge in [-0.05, 0) is 55.4 Å². The molecule has 6 nitrogen and oxygen atoms in total. The SMILES string of the molecule is Fc1ccc(F)cc1.O=S([O-])NCc1cnn2ccc(N3CCCC3)[c-]c12.[Rb+]. The minimum Gasteiger partial charge on any atom is -0.760 e. The number of hydrogen-bond donors (Lipinski definition) is 1. The molecule has 10 heteroatoms. The average molecular weight is 478 g/mol. The normalized spacial score (nSPS) is 14.3. The molecule has 2 aromatic heterocycles. The van der Waals surface area contributed by atoms with Crippen LogP contribution < -0.4 is 67.8 Å². The van der Waals surface area contributed by atoms with Crippen LogP contribution in [0.4, 0.5) is 14.5 Å². The quantitative estimate of drug-likeness (QED) is 0.409. The van der Waals surface area contributed by atoms with Gasteiger partial charge >= 0.3 is 58.2 Å². The van der Waals surface area contributed by atoms with Gasteiger partial charge in [0, 0.05) is 30.6 Å². The predicted molar refractivity (Wildman–Crippen MR) is 97.6 cm³/mol. The van der Waals surface area contributed by atoms with E-state index >= 15 is 0 Å². The van der Waals surface area contributed by atoms with Gasteiger partial charge in [0.25, 0.3) is 0 Å². The van der Waals surface area contributed by atoms with Crippen molar-refractivity contribution in [3.05, 3.63) is 66.0 Å². The van der Waals surface area contributed by atoms with Gasteiger partial charge in [-0.25, -0.2) is 8.78 Å². The molecule has 1 atom stereocenters. The molecular weight excluding hydrogens is 460 g/mol. The summed E-state index contributed by atoms with van der Waals surface area (Å²) in [6.45, 7) is 2.34. The number of hydrogen-bond acceptors (Lipinski definition) is 4. The average Bonchev–Trinajstić information content (AvgIpc) is 3.32. The summed E-state index contributed by atoms with van der Waals surface area (Å²) in [4.78, 5) is 2.29. The molecular formula is C18H18F2N4O2RbS-. The largest absolute Gasteiger partial charge is 1.00 e. The van der Waals surface area contributed by atoms with Gasteiger partial charge in [0.15, 0.2) is 0 Å². The van der Waals surface area contributed by atoms with Gasteiger partial charge < -0.3 is 9.45 Å². The molecule has 3 aromatic rings. The van der Waals surface area contributed by atoms with Crippen LogP contribution in [-0.4, -0.2) is 31.5 Å². The van der Waals surface area contributed by atoms with Gasteiger partial charge in [0.2, 0.25) is 0 Å². The molecule has 28 heavy (non-hydrogen) atoms. The molecule has 0 radical (unpaired) electrons. The fraction of sp³-hybridized carbons (Fsp3) is 0.278. The molecule has 1 N–H and O–H groups in total. The first-order valence-electron chi connectivity index (χ1n) is 8.40. The molecule has 1 saturated heterocycles. The Balaban J connectivity index is 0.000000264. The summed E-state index contributed by atoms with van der Waals surface area (Å²) in [5.74, 6) is -0.821. The number of aromatic nitrogens is 2. The van der Waals surface area contributed by atoms with Crippen LogP contribution in [0.15, 0.2) is 42.7 Å². The molecule has 4 rings (SSSR count). The first-order chi connectivity index (χ1) is 13.0. The van der Waals surface area contributed by atoms with Crippen molar-refractivity contribution >= 4 is 22.5 Å². The van der Waals surface area contributed by atoms with Crippen molar-refractivity contribution in [3.8, 4) is 0 Å². The molecule has 0 saturated carbocycles. The molecule has 0 aliphatic carbocycles. The smallest absolute Gasteiger partial charge is 0.760 e. The number of nitrogens with zero attached hydrogens (tertiary/aromatic N) is 3. The number of rotatable bonds is 4. The monoisotopic (exact) mass is 477 g/mol. The molecule has 1 unspecified atom stereocenters.